The second-order valence-corrected chi connectivity index (χ2v) is 5.29. The van der Waals surface area contributed by atoms with E-state index in [1.54, 1.807) is 6.92 Å². The zero-order valence-corrected chi connectivity index (χ0v) is 12.9. The number of amides is 1. The molecule has 0 spiro atoms. The van der Waals surface area contributed by atoms with Crippen LogP contribution >= 0.6 is 11.3 Å². The Balaban J connectivity index is 2.15. The molecule has 0 aliphatic carbocycles. The number of hydrogen-bond donors (Lipinski definition) is 2. The standard InChI is InChI=1S/C15H19N3O2S/c1-3-20-15(19)18-12(9-11-7-5-4-6-8-11)13-10-21-14(16-2)17-13/h4-8,10,12H,3,9H2,1-2H3,(H,16,17)(H,18,19)/t12-/m1/s1. The number of thiazole rings is 1. The highest BCUT2D eigenvalue weighted by Gasteiger charge is 2.18. The van der Waals surface area contributed by atoms with Crippen LogP contribution in [-0.2, 0) is 11.2 Å². The Hall–Kier alpha value is -2.08. The van der Waals surface area contributed by atoms with E-state index in [4.69, 9.17) is 4.74 Å². The number of aromatic nitrogens is 1. The molecule has 5 nitrogen and oxygen atoms in total. The molecule has 1 aromatic heterocycles. The van der Waals surface area contributed by atoms with Crippen molar-refractivity contribution in [1.29, 1.82) is 0 Å². The highest BCUT2D eigenvalue weighted by Crippen LogP contribution is 2.23. The van der Waals surface area contributed by atoms with Crippen LogP contribution in [0.25, 0.3) is 0 Å². The Labute approximate surface area is 128 Å². The number of nitrogens with one attached hydrogen (secondary N) is 2. The summed E-state index contributed by atoms with van der Waals surface area (Å²) in [5.74, 6) is 0. The summed E-state index contributed by atoms with van der Waals surface area (Å²) in [4.78, 5) is 16.2. The predicted octanol–water partition coefficient (Wildman–Crippen LogP) is 3.21. The maximum atomic E-state index is 11.7. The van der Waals surface area contributed by atoms with Crippen LogP contribution in [0.15, 0.2) is 35.7 Å². The molecule has 0 fully saturated rings. The molecule has 0 unspecified atom stereocenters. The van der Waals surface area contributed by atoms with Gasteiger partial charge in [-0.25, -0.2) is 9.78 Å². The number of carbonyl (C=O) groups excluding carboxylic acids is 1. The Morgan fingerprint density at radius 3 is 2.76 bits per heavy atom. The monoisotopic (exact) mass is 305 g/mol. The first kappa shape index (κ1) is 15.3. The van der Waals surface area contributed by atoms with Crippen molar-refractivity contribution in [1.82, 2.24) is 10.3 Å². The molecule has 0 saturated heterocycles. The van der Waals surface area contributed by atoms with Crippen LogP contribution in [0, 0.1) is 0 Å². The van der Waals surface area contributed by atoms with Gasteiger partial charge < -0.3 is 15.4 Å². The SMILES string of the molecule is CCOC(=O)N[C@H](Cc1ccccc1)c1csc(NC)n1. The summed E-state index contributed by atoms with van der Waals surface area (Å²) in [7, 11) is 1.83. The highest BCUT2D eigenvalue weighted by molar-refractivity contribution is 7.13. The molecule has 1 amide bonds. The molecule has 0 bridgehead atoms. The van der Waals surface area contributed by atoms with Crippen LogP contribution in [0.3, 0.4) is 0 Å². The highest BCUT2D eigenvalue weighted by atomic mass is 32.1. The molecule has 2 rings (SSSR count). The van der Waals surface area contributed by atoms with Crippen LogP contribution in [0.2, 0.25) is 0 Å². The zero-order chi connectivity index (χ0) is 15.1. The second kappa shape index (κ2) is 7.64. The third-order valence-electron chi connectivity index (χ3n) is 2.94. The topological polar surface area (TPSA) is 63.2 Å². The van der Waals surface area contributed by atoms with Gasteiger partial charge in [0.2, 0.25) is 0 Å². The smallest absolute Gasteiger partial charge is 0.407 e. The van der Waals surface area contributed by atoms with Crippen molar-refractivity contribution in [2.75, 3.05) is 19.0 Å². The molecule has 1 heterocycles. The summed E-state index contributed by atoms with van der Waals surface area (Å²) in [6, 6.07) is 9.80. The van der Waals surface area contributed by atoms with Gasteiger partial charge in [-0.15, -0.1) is 11.3 Å². The van der Waals surface area contributed by atoms with Gasteiger partial charge in [-0.3, -0.25) is 0 Å². The lowest BCUT2D eigenvalue weighted by atomic mass is 10.0. The number of rotatable bonds is 6. The van der Waals surface area contributed by atoms with Gasteiger partial charge in [-0.1, -0.05) is 30.3 Å². The molecule has 6 heteroatoms. The van der Waals surface area contributed by atoms with E-state index in [9.17, 15) is 4.79 Å². The van der Waals surface area contributed by atoms with Crippen molar-refractivity contribution in [3.63, 3.8) is 0 Å². The number of benzene rings is 1. The minimum absolute atomic E-state index is 0.204. The molecule has 0 aliphatic rings. The van der Waals surface area contributed by atoms with Gasteiger partial charge in [0, 0.05) is 12.4 Å². The van der Waals surface area contributed by atoms with Gasteiger partial charge in [0.25, 0.3) is 0 Å². The fourth-order valence-corrected chi connectivity index (χ4v) is 2.68. The minimum atomic E-state index is -0.419. The predicted molar refractivity (Wildman–Crippen MR) is 84.7 cm³/mol. The molecule has 1 aromatic carbocycles. The summed E-state index contributed by atoms with van der Waals surface area (Å²) in [5.41, 5.74) is 1.97. The average Bonchev–Trinajstić information content (AvgIpc) is 2.97. The van der Waals surface area contributed by atoms with Crippen LogP contribution in [0.4, 0.5) is 9.93 Å². The fourth-order valence-electron chi connectivity index (χ4n) is 1.96. The molecule has 0 radical (unpaired) electrons. The van der Waals surface area contributed by atoms with E-state index in [2.05, 4.69) is 15.6 Å². The summed E-state index contributed by atoms with van der Waals surface area (Å²) >= 11 is 1.51. The van der Waals surface area contributed by atoms with E-state index in [0.717, 1.165) is 16.4 Å². The van der Waals surface area contributed by atoms with E-state index >= 15 is 0 Å². The molecule has 1 atom stereocenters. The van der Waals surface area contributed by atoms with Gasteiger partial charge in [-0.05, 0) is 18.9 Å². The quantitative estimate of drug-likeness (QED) is 0.860. The van der Waals surface area contributed by atoms with Crippen molar-refractivity contribution in [3.8, 4) is 0 Å². The van der Waals surface area contributed by atoms with Crippen LogP contribution in [0.5, 0.6) is 0 Å². The zero-order valence-electron chi connectivity index (χ0n) is 12.1. The molecule has 21 heavy (non-hydrogen) atoms. The van der Waals surface area contributed by atoms with Crippen molar-refractivity contribution in [2.24, 2.45) is 0 Å². The maximum absolute atomic E-state index is 11.7. The Morgan fingerprint density at radius 2 is 2.14 bits per heavy atom. The Bertz CT molecular complexity index is 571. The molecule has 0 saturated carbocycles. The lowest BCUT2D eigenvalue weighted by Gasteiger charge is -2.16. The number of ether oxygens (including phenoxy) is 1. The molecule has 0 aliphatic heterocycles. The molecule has 112 valence electrons. The van der Waals surface area contributed by atoms with E-state index in [1.165, 1.54) is 11.3 Å². The van der Waals surface area contributed by atoms with Gasteiger partial charge in [0.05, 0.1) is 18.3 Å². The van der Waals surface area contributed by atoms with Crippen molar-refractivity contribution in [2.45, 2.75) is 19.4 Å². The minimum Gasteiger partial charge on any atom is -0.450 e. The van der Waals surface area contributed by atoms with E-state index in [-0.39, 0.29) is 6.04 Å². The lowest BCUT2D eigenvalue weighted by Crippen LogP contribution is -2.30. The number of hydrogen-bond acceptors (Lipinski definition) is 5. The fraction of sp³-hybridized carbons (Fsp3) is 0.333. The number of carbonyl (C=O) groups is 1. The third-order valence-corrected chi connectivity index (χ3v) is 3.82. The lowest BCUT2D eigenvalue weighted by molar-refractivity contribution is 0.147. The first-order chi connectivity index (χ1) is 10.2. The van der Waals surface area contributed by atoms with E-state index < -0.39 is 6.09 Å². The van der Waals surface area contributed by atoms with Crippen LogP contribution in [-0.4, -0.2) is 24.7 Å². The van der Waals surface area contributed by atoms with Gasteiger partial charge >= 0.3 is 6.09 Å². The van der Waals surface area contributed by atoms with Gasteiger partial charge in [0.15, 0.2) is 5.13 Å². The van der Waals surface area contributed by atoms with Gasteiger partial charge in [0.1, 0.15) is 0 Å². The second-order valence-electron chi connectivity index (χ2n) is 4.43. The first-order valence-electron chi connectivity index (χ1n) is 6.83. The summed E-state index contributed by atoms with van der Waals surface area (Å²) in [5, 5.41) is 8.66. The molecule has 2 N–H and O–H groups in total. The summed E-state index contributed by atoms with van der Waals surface area (Å²) in [6.45, 7) is 2.14. The van der Waals surface area contributed by atoms with Crippen molar-refractivity contribution in [3.05, 3.63) is 47.0 Å². The van der Waals surface area contributed by atoms with E-state index in [0.29, 0.717) is 13.0 Å². The normalized spacial score (nSPS) is 11.7. The number of alkyl carbamates (subject to hydrolysis) is 1. The molecular formula is C15H19N3O2S. The number of anilines is 1. The molecular weight excluding hydrogens is 286 g/mol. The van der Waals surface area contributed by atoms with Gasteiger partial charge in [-0.2, -0.15) is 0 Å². The van der Waals surface area contributed by atoms with Crippen LogP contribution in [0.1, 0.15) is 24.2 Å². The van der Waals surface area contributed by atoms with E-state index in [1.807, 2.05) is 42.8 Å². The molecule has 2 aromatic rings. The summed E-state index contributed by atoms with van der Waals surface area (Å²) < 4.78 is 4.97. The number of nitrogens with zero attached hydrogens (tertiary/aromatic N) is 1. The summed E-state index contributed by atoms with van der Waals surface area (Å²) in [6.07, 6.45) is 0.254. The Kier molecular flexibility index (Phi) is 5.57. The largest absolute Gasteiger partial charge is 0.450 e. The third kappa shape index (κ3) is 4.46. The first-order valence-corrected chi connectivity index (χ1v) is 7.71. The van der Waals surface area contributed by atoms with Crippen molar-refractivity contribution < 1.29 is 9.53 Å². The average molecular weight is 305 g/mol. The van der Waals surface area contributed by atoms with Crippen LogP contribution < -0.4 is 10.6 Å². The van der Waals surface area contributed by atoms with Crippen molar-refractivity contribution >= 4 is 22.6 Å². The Morgan fingerprint density at radius 1 is 1.38 bits per heavy atom. The maximum Gasteiger partial charge on any atom is 0.407 e.